The van der Waals surface area contributed by atoms with Gasteiger partial charge in [-0.05, 0) is 26.9 Å². The molecule has 0 bridgehead atoms. The molecule has 2 heterocycles. The van der Waals surface area contributed by atoms with E-state index in [0.29, 0.717) is 0 Å². The second kappa shape index (κ2) is 5.63. The van der Waals surface area contributed by atoms with Crippen molar-refractivity contribution in [1.29, 1.82) is 0 Å². The lowest BCUT2D eigenvalue weighted by Crippen LogP contribution is -2.11. The number of nitrogens with one attached hydrogen (secondary N) is 1. The largest absolute Gasteiger partial charge is 0.330 e. The van der Waals surface area contributed by atoms with Crippen LogP contribution in [-0.2, 0) is 13.1 Å². The molecule has 2 aromatic rings. The molecule has 0 aromatic carbocycles. The molecule has 5 heteroatoms. The van der Waals surface area contributed by atoms with Gasteiger partial charge in [0.15, 0.2) is 0 Å². The van der Waals surface area contributed by atoms with Crippen LogP contribution in [0.1, 0.15) is 13.3 Å². The van der Waals surface area contributed by atoms with Gasteiger partial charge in [0, 0.05) is 24.8 Å². The first-order valence-corrected chi connectivity index (χ1v) is 6.02. The summed E-state index contributed by atoms with van der Waals surface area (Å²) in [4.78, 5) is 4.22. The lowest BCUT2D eigenvalue weighted by atomic mass is 10.2. The Labute approximate surface area is 101 Å². The molecule has 0 spiro atoms. The SMILES string of the molecule is CCn1cc(-c2cncn2CCCNC)cn1. The molecule has 0 atom stereocenters. The molecule has 0 saturated carbocycles. The Morgan fingerprint density at radius 1 is 1.35 bits per heavy atom. The van der Waals surface area contributed by atoms with E-state index in [2.05, 4.69) is 33.1 Å². The standard InChI is InChI=1S/C12H19N5/c1-3-17-9-11(7-15-17)12-8-14-10-16(12)6-4-5-13-2/h7-10,13H,3-6H2,1-2H3. The number of aryl methyl sites for hydroxylation is 2. The Morgan fingerprint density at radius 3 is 2.94 bits per heavy atom. The van der Waals surface area contributed by atoms with Crippen LogP contribution in [0.3, 0.4) is 0 Å². The third-order valence-electron chi connectivity index (χ3n) is 2.79. The van der Waals surface area contributed by atoms with Gasteiger partial charge >= 0.3 is 0 Å². The summed E-state index contributed by atoms with van der Waals surface area (Å²) in [5.41, 5.74) is 2.27. The lowest BCUT2D eigenvalue weighted by molar-refractivity contribution is 0.616. The van der Waals surface area contributed by atoms with Crippen LogP contribution in [0.5, 0.6) is 0 Å². The maximum Gasteiger partial charge on any atom is 0.0950 e. The van der Waals surface area contributed by atoms with Crippen molar-refractivity contribution in [2.75, 3.05) is 13.6 Å². The summed E-state index contributed by atoms with van der Waals surface area (Å²) >= 11 is 0. The predicted molar refractivity (Wildman–Crippen MR) is 67.7 cm³/mol. The minimum absolute atomic E-state index is 0.897. The molecule has 2 rings (SSSR count). The van der Waals surface area contributed by atoms with Gasteiger partial charge in [0.25, 0.3) is 0 Å². The van der Waals surface area contributed by atoms with Crippen molar-refractivity contribution in [2.24, 2.45) is 0 Å². The van der Waals surface area contributed by atoms with Gasteiger partial charge in [0.2, 0.25) is 0 Å². The fraction of sp³-hybridized carbons (Fsp3) is 0.500. The first-order valence-electron chi connectivity index (χ1n) is 6.02. The molecular formula is C12H19N5. The molecule has 0 aliphatic rings. The maximum atomic E-state index is 4.29. The minimum Gasteiger partial charge on any atom is -0.330 e. The molecule has 0 fully saturated rings. The van der Waals surface area contributed by atoms with E-state index in [-0.39, 0.29) is 0 Å². The van der Waals surface area contributed by atoms with E-state index in [1.807, 2.05) is 30.5 Å². The summed E-state index contributed by atoms with van der Waals surface area (Å²) < 4.78 is 4.11. The highest BCUT2D eigenvalue weighted by molar-refractivity contribution is 5.56. The van der Waals surface area contributed by atoms with Gasteiger partial charge in [-0.3, -0.25) is 4.68 Å². The lowest BCUT2D eigenvalue weighted by Gasteiger charge is -2.06. The van der Waals surface area contributed by atoms with Crippen molar-refractivity contribution >= 4 is 0 Å². The van der Waals surface area contributed by atoms with Crippen LogP contribution in [0.2, 0.25) is 0 Å². The summed E-state index contributed by atoms with van der Waals surface area (Å²) in [7, 11) is 1.97. The summed E-state index contributed by atoms with van der Waals surface area (Å²) in [6, 6.07) is 0. The molecule has 17 heavy (non-hydrogen) atoms. The van der Waals surface area contributed by atoms with Gasteiger partial charge in [0.1, 0.15) is 0 Å². The Morgan fingerprint density at radius 2 is 2.24 bits per heavy atom. The van der Waals surface area contributed by atoms with Crippen LogP contribution in [0.15, 0.2) is 24.9 Å². The normalized spacial score (nSPS) is 10.9. The number of rotatable bonds is 6. The van der Waals surface area contributed by atoms with E-state index in [4.69, 9.17) is 0 Å². The Hall–Kier alpha value is -1.62. The number of hydrogen-bond donors (Lipinski definition) is 1. The van der Waals surface area contributed by atoms with E-state index in [9.17, 15) is 0 Å². The number of aromatic nitrogens is 4. The fourth-order valence-corrected chi connectivity index (χ4v) is 1.83. The highest BCUT2D eigenvalue weighted by Crippen LogP contribution is 2.18. The van der Waals surface area contributed by atoms with Crippen molar-refractivity contribution in [3.63, 3.8) is 0 Å². The van der Waals surface area contributed by atoms with Crippen molar-refractivity contribution in [3.05, 3.63) is 24.9 Å². The van der Waals surface area contributed by atoms with E-state index in [1.165, 1.54) is 0 Å². The van der Waals surface area contributed by atoms with Gasteiger partial charge in [-0.25, -0.2) is 4.98 Å². The summed E-state index contributed by atoms with van der Waals surface area (Å²) in [6.45, 7) is 4.98. The Kier molecular flexibility index (Phi) is 3.93. The molecule has 0 aliphatic carbocycles. The summed E-state index contributed by atoms with van der Waals surface area (Å²) in [5, 5.41) is 7.44. The highest BCUT2D eigenvalue weighted by atomic mass is 15.3. The molecule has 0 radical (unpaired) electrons. The Balaban J connectivity index is 2.12. The van der Waals surface area contributed by atoms with E-state index in [0.717, 1.165) is 37.3 Å². The van der Waals surface area contributed by atoms with Gasteiger partial charge in [-0.15, -0.1) is 0 Å². The smallest absolute Gasteiger partial charge is 0.0950 e. The van der Waals surface area contributed by atoms with Crippen LogP contribution in [0.4, 0.5) is 0 Å². The van der Waals surface area contributed by atoms with Gasteiger partial charge in [0.05, 0.1) is 24.4 Å². The zero-order valence-electron chi connectivity index (χ0n) is 10.4. The highest BCUT2D eigenvalue weighted by Gasteiger charge is 2.06. The topological polar surface area (TPSA) is 47.7 Å². The molecule has 92 valence electrons. The van der Waals surface area contributed by atoms with Gasteiger partial charge < -0.3 is 9.88 Å². The van der Waals surface area contributed by atoms with Crippen LogP contribution >= 0.6 is 0 Å². The molecule has 5 nitrogen and oxygen atoms in total. The monoisotopic (exact) mass is 233 g/mol. The third kappa shape index (κ3) is 2.74. The van der Waals surface area contributed by atoms with E-state index < -0.39 is 0 Å². The van der Waals surface area contributed by atoms with Crippen molar-refractivity contribution in [2.45, 2.75) is 26.4 Å². The quantitative estimate of drug-likeness (QED) is 0.767. The van der Waals surface area contributed by atoms with Crippen LogP contribution in [-0.4, -0.2) is 32.9 Å². The second-order valence-corrected chi connectivity index (χ2v) is 4.01. The van der Waals surface area contributed by atoms with Crippen LogP contribution in [0, 0.1) is 0 Å². The van der Waals surface area contributed by atoms with Crippen molar-refractivity contribution < 1.29 is 0 Å². The average molecular weight is 233 g/mol. The summed E-state index contributed by atoms with van der Waals surface area (Å²) in [5.74, 6) is 0. The second-order valence-electron chi connectivity index (χ2n) is 4.01. The number of hydrogen-bond acceptors (Lipinski definition) is 3. The molecule has 1 N–H and O–H groups in total. The van der Waals surface area contributed by atoms with Crippen molar-refractivity contribution in [3.8, 4) is 11.3 Å². The Bertz CT molecular complexity index is 457. The van der Waals surface area contributed by atoms with E-state index >= 15 is 0 Å². The van der Waals surface area contributed by atoms with E-state index in [1.54, 1.807) is 0 Å². The third-order valence-corrected chi connectivity index (χ3v) is 2.79. The zero-order chi connectivity index (χ0) is 12.1. The average Bonchev–Trinajstić information content (AvgIpc) is 2.96. The maximum absolute atomic E-state index is 4.29. The molecule has 0 saturated heterocycles. The first kappa shape index (κ1) is 11.9. The molecular weight excluding hydrogens is 214 g/mol. The van der Waals surface area contributed by atoms with Crippen LogP contribution < -0.4 is 5.32 Å². The molecule has 0 aliphatic heterocycles. The number of nitrogens with zero attached hydrogens (tertiary/aromatic N) is 4. The fourth-order valence-electron chi connectivity index (χ4n) is 1.83. The van der Waals surface area contributed by atoms with Gasteiger partial charge in [-0.1, -0.05) is 0 Å². The molecule has 0 amide bonds. The van der Waals surface area contributed by atoms with Gasteiger partial charge in [-0.2, -0.15) is 5.10 Å². The van der Waals surface area contributed by atoms with Crippen LogP contribution in [0.25, 0.3) is 11.3 Å². The predicted octanol–water partition coefficient (Wildman–Crippen LogP) is 1.38. The zero-order valence-corrected chi connectivity index (χ0v) is 10.4. The minimum atomic E-state index is 0.897. The number of imidazole rings is 1. The molecule has 0 unspecified atom stereocenters. The van der Waals surface area contributed by atoms with Crippen molar-refractivity contribution in [1.82, 2.24) is 24.6 Å². The molecule has 2 aromatic heterocycles. The summed E-state index contributed by atoms with van der Waals surface area (Å²) in [6.07, 6.45) is 8.84. The first-order chi connectivity index (χ1) is 8.35.